The minimum Gasteiger partial charge on any atom is -0.377 e. The molecule has 4 nitrogen and oxygen atoms in total. The summed E-state index contributed by atoms with van der Waals surface area (Å²) in [5.74, 6) is 0.110. The van der Waals surface area contributed by atoms with Gasteiger partial charge in [-0.15, -0.1) is 12.4 Å². The molecule has 0 saturated carbocycles. The van der Waals surface area contributed by atoms with Gasteiger partial charge in [-0.3, -0.25) is 4.79 Å². The lowest BCUT2D eigenvalue weighted by Crippen LogP contribution is -2.46. The number of nitrogens with one attached hydrogen (secondary N) is 2. The van der Waals surface area contributed by atoms with E-state index >= 15 is 0 Å². The third-order valence-corrected chi connectivity index (χ3v) is 3.80. The van der Waals surface area contributed by atoms with Crippen molar-refractivity contribution in [2.75, 3.05) is 13.2 Å². The maximum Gasteiger partial charge on any atom is 0.237 e. The number of hydrogen-bond donors (Lipinski definition) is 2. The third-order valence-electron chi connectivity index (χ3n) is 3.80. The van der Waals surface area contributed by atoms with Gasteiger partial charge < -0.3 is 15.4 Å². The number of hydrogen-bond acceptors (Lipinski definition) is 3. The van der Waals surface area contributed by atoms with Gasteiger partial charge in [-0.25, -0.2) is 0 Å². The minimum atomic E-state index is -0.0257. The maximum atomic E-state index is 12.1. The Kier molecular flexibility index (Phi) is 9.13. The molecule has 1 heterocycles. The van der Waals surface area contributed by atoms with Crippen LogP contribution in [0.25, 0.3) is 0 Å². The van der Waals surface area contributed by atoms with E-state index in [4.69, 9.17) is 4.74 Å². The molecule has 5 heteroatoms. The number of rotatable bonds is 7. The van der Waals surface area contributed by atoms with Gasteiger partial charge in [0.25, 0.3) is 0 Å². The molecule has 1 saturated heterocycles. The van der Waals surface area contributed by atoms with Crippen molar-refractivity contribution in [2.24, 2.45) is 0 Å². The summed E-state index contributed by atoms with van der Waals surface area (Å²) >= 11 is 0. The lowest BCUT2D eigenvalue weighted by atomic mass is 10.0. The van der Waals surface area contributed by atoms with Crippen LogP contribution < -0.4 is 10.6 Å². The van der Waals surface area contributed by atoms with Crippen LogP contribution in [0.2, 0.25) is 0 Å². The zero-order valence-electron chi connectivity index (χ0n) is 13.3. The van der Waals surface area contributed by atoms with Crippen molar-refractivity contribution < 1.29 is 9.53 Å². The molecule has 0 aliphatic carbocycles. The molecule has 0 spiro atoms. The highest BCUT2D eigenvalue weighted by atomic mass is 35.5. The van der Waals surface area contributed by atoms with Crippen LogP contribution in [0.5, 0.6) is 0 Å². The summed E-state index contributed by atoms with van der Waals surface area (Å²) in [6.45, 7) is 5.00. The zero-order valence-corrected chi connectivity index (χ0v) is 14.1. The number of halogens is 1. The van der Waals surface area contributed by atoms with E-state index in [1.54, 1.807) is 0 Å². The molecule has 1 aliphatic heterocycles. The zero-order chi connectivity index (χ0) is 14.9. The van der Waals surface area contributed by atoms with Crippen LogP contribution in [0, 0.1) is 0 Å². The molecular weight excluding hydrogens is 300 g/mol. The highest BCUT2D eigenvalue weighted by Crippen LogP contribution is 2.11. The standard InChI is InChI=1S/C17H26N2O2.ClH/c1-2-11-21-13-15-8-4-3-7-14(15)12-19-17(20)16-9-5-6-10-18-16;/h3-4,7-8,16,18H,2,5-6,9-13H2,1H3,(H,19,20);1H. The highest BCUT2D eigenvalue weighted by Gasteiger charge is 2.20. The number of benzene rings is 1. The summed E-state index contributed by atoms with van der Waals surface area (Å²) in [4.78, 5) is 12.1. The number of carbonyl (C=O) groups is 1. The van der Waals surface area contributed by atoms with Crippen molar-refractivity contribution in [3.05, 3.63) is 35.4 Å². The van der Waals surface area contributed by atoms with Gasteiger partial charge in [0.15, 0.2) is 0 Å². The van der Waals surface area contributed by atoms with E-state index in [1.165, 1.54) is 6.42 Å². The summed E-state index contributed by atoms with van der Waals surface area (Å²) < 4.78 is 5.61. The normalized spacial score (nSPS) is 17.6. The van der Waals surface area contributed by atoms with E-state index in [9.17, 15) is 4.79 Å². The fourth-order valence-corrected chi connectivity index (χ4v) is 2.58. The van der Waals surface area contributed by atoms with Gasteiger partial charge in [-0.1, -0.05) is 37.6 Å². The molecule has 2 N–H and O–H groups in total. The van der Waals surface area contributed by atoms with Crippen LogP contribution in [0.4, 0.5) is 0 Å². The molecule has 0 bridgehead atoms. The van der Waals surface area contributed by atoms with Crippen LogP contribution in [0.1, 0.15) is 43.7 Å². The monoisotopic (exact) mass is 326 g/mol. The van der Waals surface area contributed by atoms with E-state index < -0.39 is 0 Å². The van der Waals surface area contributed by atoms with Crippen molar-refractivity contribution in [2.45, 2.75) is 51.8 Å². The Bertz CT molecular complexity index is 448. The molecule has 1 aromatic rings. The topological polar surface area (TPSA) is 50.4 Å². The molecule has 1 aromatic carbocycles. The molecule has 0 aromatic heterocycles. The fraction of sp³-hybridized carbons (Fsp3) is 0.588. The SMILES string of the molecule is CCCOCc1ccccc1CNC(=O)C1CCCCN1.Cl. The average molecular weight is 327 g/mol. The van der Waals surface area contributed by atoms with Crippen LogP contribution in [0.3, 0.4) is 0 Å². The quantitative estimate of drug-likeness (QED) is 0.758. The molecule has 1 amide bonds. The minimum absolute atomic E-state index is 0. The van der Waals surface area contributed by atoms with Crippen LogP contribution in [-0.2, 0) is 22.7 Å². The first kappa shape index (κ1) is 18.9. The number of piperidine rings is 1. The molecule has 1 fully saturated rings. The summed E-state index contributed by atoms with van der Waals surface area (Å²) in [7, 11) is 0. The van der Waals surface area contributed by atoms with E-state index in [-0.39, 0.29) is 24.4 Å². The second kappa shape index (κ2) is 10.6. The Morgan fingerprint density at radius 1 is 1.32 bits per heavy atom. The highest BCUT2D eigenvalue weighted by molar-refractivity contribution is 5.85. The molecule has 1 atom stereocenters. The Labute approximate surface area is 139 Å². The van der Waals surface area contributed by atoms with Crippen LogP contribution in [-0.4, -0.2) is 25.1 Å². The summed E-state index contributed by atoms with van der Waals surface area (Å²) in [5.41, 5.74) is 2.29. The van der Waals surface area contributed by atoms with Gasteiger partial charge >= 0.3 is 0 Å². The summed E-state index contributed by atoms with van der Waals surface area (Å²) in [6.07, 6.45) is 4.26. The first-order valence-electron chi connectivity index (χ1n) is 7.97. The third kappa shape index (κ3) is 5.95. The van der Waals surface area contributed by atoms with Gasteiger partial charge in [-0.05, 0) is 36.9 Å². The Hall–Kier alpha value is -1.10. The van der Waals surface area contributed by atoms with Gasteiger partial charge in [0.2, 0.25) is 5.91 Å². The van der Waals surface area contributed by atoms with E-state index in [0.29, 0.717) is 13.2 Å². The number of carbonyl (C=O) groups excluding carboxylic acids is 1. The van der Waals surface area contributed by atoms with E-state index in [2.05, 4.69) is 29.7 Å². The molecule has 0 radical (unpaired) electrons. The first-order chi connectivity index (χ1) is 10.3. The van der Waals surface area contributed by atoms with Crippen molar-refractivity contribution in [3.63, 3.8) is 0 Å². The van der Waals surface area contributed by atoms with Gasteiger partial charge in [-0.2, -0.15) is 0 Å². The largest absolute Gasteiger partial charge is 0.377 e. The van der Waals surface area contributed by atoms with E-state index in [0.717, 1.165) is 43.5 Å². The summed E-state index contributed by atoms with van der Waals surface area (Å²) in [6, 6.07) is 8.11. The van der Waals surface area contributed by atoms with Crippen molar-refractivity contribution in [1.29, 1.82) is 0 Å². The Balaban J connectivity index is 0.00000242. The Morgan fingerprint density at radius 2 is 2.09 bits per heavy atom. The average Bonchev–Trinajstić information content (AvgIpc) is 2.54. The number of ether oxygens (including phenoxy) is 1. The first-order valence-corrected chi connectivity index (χ1v) is 7.97. The number of amides is 1. The molecule has 22 heavy (non-hydrogen) atoms. The summed E-state index contributed by atoms with van der Waals surface area (Å²) in [5, 5.41) is 6.32. The molecule has 1 aliphatic rings. The van der Waals surface area contributed by atoms with Gasteiger partial charge in [0.1, 0.15) is 0 Å². The van der Waals surface area contributed by atoms with Crippen LogP contribution in [0.15, 0.2) is 24.3 Å². The van der Waals surface area contributed by atoms with Gasteiger partial charge in [0.05, 0.1) is 12.6 Å². The Morgan fingerprint density at radius 3 is 2.77 bits per heavy atom. The van der Waals surface area contributed by atoms with Crippen LogP contribution >= 0.6 is 12.4 Å². The van der Waals surface area contributed by atoms with Crippen molar-refractivity contribution in [1.82, 2.24) is 10.6 Å². The predicted molar refractivity (Wildman–Crippen MR) is 91.1 cm³/mol. The lowest BCUT2D eigenvalue weighted by molar-refractivity contribution is -0.123. The van der Waals surface area contributed by atoms with Crippen molar-refractivity contribution in [3.8, 4) is 0 Å². The molecule has 2 rings (SSSR count). The second-order valence-electron chi connectivity index (χ2n) is 5.54. The lowest BCUT2D eigenvalue weighted by Gasteiger charge is -2.22. The smallest absolute Gasteiger partial charge is 0.237 e. The van der Waals surface area contributed by atoms with Gasteiger partial charge in [0, 0.05) is 13.2 Å². The molecule has 124 valence electrons. The maximum absolute atomic E-state index is 12.1. The van der Waals surface area contributed by atoms with Crippen molar-refractivity contribution >= 4 is 18.3 Å². The second-order valence-corrected chi connectivity index (χ2v) is 5.54. The predicted octanol–water partition coefficient (Wildman–Crippen LogP) is 2.79. The fourth-order valence-electron chi connectivity index (χ4n) is 2.58. The van der Waals surface area contributed by atoms with E-state index in [1.807, 2.05) is 12.1 Å². The molecule has 1 unspecified atom stereocenters. The molecular formula is C17H27ClN2O2.